The van der Waals surface area contributed by atoms with Crippen molar-refractivity contribution in [1.29, 1.82) is 0 Å². The first-order valence-corrected chi connectivity index (χ1v) is 7.12. The molecule has 1 fully saturated rings. The van der Waals surface area contributed by atoms with Crippen LogP contribution in [-0.2, 0) is 11.2 Å². The Bertz CT molecular complexity index is 431. The molecule has 0 atom stereocenters. The van der Waals surface area contributed by atoms with Gasteiger partial charge in [-0.15, -0.1) is 0 Å². The summed E-state index contributed by atoms with van der Waals surface area (Å²) in [6, 6.07) is 7.99. The van der Waals surface area contributed by atoms with Gasteiger partial charge in [-0.05, 0) is 24.1 Å². The Labute approximate surface area is 119 Å². The predicted octanol–water partition coefficient (Wildman–Crippen LogP) is 1.67. The van der Waals surface area contributed by atoms with Crippen LogP contribution >= 0.6 is 0 Å². The Morgan fingerprint density at radius 1 is 1.40 bits per heavy atom. The summed E-state index contributed by atoms with van der Waals surface area (Å²) in [5.41, 5.74) is 1.25. The molecule has 110 valence electrons. The van der Waals surface area contributed by atoms with E-state index in [-0.39, 0.29) is 6.03 Å². The molecule has 0 spiro atoms. The number of carbonyl (C=O) groups is 1. The highest BCUT2D eigenvalue weighted by Gasteiger charge is 2.15. The zero-order valence-electron chi connectivity index (χ0n) is 11.9. The molecule has 0 saturated carbocycles. The van der Waals surface area contributed by atoms with Crippen LogP contribution in [0, 0.1) is 0 Å². The lowest BCUT2D eigenvalue weighted by molar-refractivity contribution is 0.0530. The average Bonchev–Trinajstić information content (AvgIpc) is 2.52. The highest BCUT2D eigenvalue weighted by Crippen LogP contribution is 2.13. The van der Waals surface area contributed by atoms with E-state index in [1.807, 2.05) is 18.2 Å². The number of amides is 2. The maximum absolute atomic E-state index is 11.8. The van der Waals surface area contributed by atoms with E-state index in [1.54, 1.807) is 4.90 Å². The topological polar surface area (TPSA) is 50.8 Å². The first kappa shape index (κ1) is 14.7. The molecule has 1 aliphatic rings. The lowest BCUT2D eigenvalue weighted by Crippen LogP contribution is -2.47. The lowest BCUT2D eigenvalue weighted by atomic mass is 10.2. The van der Waals surface area contributed by atoms with Crippen LogP contribution in [0.5, 0.6) is 5.75 Å². The Hall–Kier alpha value is -1.75. The number of ether oxygens (including phenoxy) is 2. The lowest BCUT2D eigenvalue weighted by Gasteiger charge is -2.26. The third-order valence-electron chi connectivity index (χ3n) is 3.25. The van der Waals surface area contributed by atoms with Crippen molar-refractivity contribution in [3.63, 3.8) is 0 Å². The first-order chi connectivity index (χ1) is 9.79. The van der Waals surface area contributed by atoms with Crippen LogP contribution in [0.2, 0.25) is 0 Å². The number of rotatable bonds is 5. The van der Waals surface area contributed by atoms with Gasteiger partial charge in [0.2, 0.25) is 0 Å². The van der Waals surface area contributed by atoms with Gasteiger partial charge in [-0.1, -0.05) is 19.1 Å². The maximum Gasteiger partial charge on any atom is 0.317 e. The minimum absolute atomic E-state index is 0.0424. The highest BCUT2D eigenvalue weighted by molar-refractivity contribution is 5.74. The van der Waals surface area contributed by atoms with E-state index < -0.39 is 0 Å². The summed E-state index contributed by atoms with van der Waals surface area (Å²) >= 11 is 0. The molecular formula is C15H22N2O3. The van der Waals surface area contributed by atoms with Gasteiger partial charge in [-0.3, -0.25) is 0 Å². The zero-order valence-corrected chi connectivity index (χ0v) is 11.9. The smallest absolute Gasteiger partial charge is 0.317 e. The Morgan fingerprint density at radius 3 is 2.95 bits per heavy atom. The molecule has 1 saturated heterocycles. The van der Waals surface area contributed by atoms with E-state index in [0.29, 0.717) is 39.5 Å². The number of morpholine rings is 1. The van der Waals surface area contributed by atoms with E-state index in [4.69, 9.17) is 9.47 Å². The van der Waals surface area contributed by atoms with Gasteiger partial charge >= 0.3 is 6.03 Å². The van der Waals surface area contributed by atoms with Crippen molar-refractivity contribution in [3.05, 3.63) is 29.8 Å². The number of nitrogens with zero attached hydrogens (tertiary/aromatic N) is 1. The van der Waals surface area contributed by atoms with E-state index in [2.05, 4.69) is 18.3 Å². The molecule has 1 aromatic carbocycles. The fourth-order valence-corrected chi connectivity index (χ4v) is 2.06. The summed E-state index contributed by atoms with van der Waals surface area (Å²) in [5.74, 6) is 0.852. The van der Waals surface area contributed by atoms with Crippen molar-refractivity contribution >= 4 is 6.03 Å². The van der Waals surface area contributed by atoms with Crippen molar-refractivity contribution in [2.75, 3.05) is 39.5 Å². The summed E-state index contributed by atoms with van der Waals surface area (Å²) in [4.78, 5) is 13.6. The fourth-order valence-electron chi connectivity index (χ4n) is 2.06. The number of nitrogens with one attached hydrogen (secondary N) is 1. The Balaban J connectivity index is 1.66. The summed E-state index contributed by atoms with van der Waals surface area (Å²) in [6.07, 6.45) is 0.991. The molecule has 0 bridgehead atoms. The molecule has 0 aliphatic carbocycles. The predicted molar refractivity (Wildman–Crippen MR) is 77.1 cm³/mol. The van der Waals surface area contributed by atoms with Gasteiger partial charge in [0.25, 0.3) is 0 Å². The minimum atomic E-state index is -0.0424. The van der Waals surface area contributed by atoms with Crippen LogP contribution in [0.15, 0.2) is 24.3 Å². The number of hydrogen-bond acceptors (Lipinski definition) is 3. The van der Waals surface area contributed by atoms with Gasteiger partial charge in [0.15, 0.2) is 0 Å². The van der Waals surface area contributed by atoms with Crippen LogP contribution in [0.4, 0.5) is 4.79 Å². The molecule has 2 rings (SSSR count). The number of urea groups is 1. The normalized spacial score (nSPS) is 14.9. The Morgan fingerprint density at radius 2 is 2.20 bits per heavy atom. The molecule has 20 heavy (non-hydrogen) atoms. The van der Waals surface area contributed by atoms with Gasteiger partial charge < -0.3 is 19.7 Å². The number of carbonyl (C=O) groups excluding carboxylic acids is 1. The number of benzene rings is 1. The first-order valence-electron chi connectivity index (χ1n) is 7.12. The Kier molecular flexibility index (Phi) is 5.68. The second-order valence-electron chi connectivity index (χ2n) is 4.68. The van der Waals surface area contributed by atoms with E-state index >= 15 is 0 Å². The van der Waals surface area contributed by atoms with Crippen molar-refractivity contribution in [1.82, 2.24) is 10.2 Å². The SMILES string of the molecule is CCc1cccc(OCCNC(=O)N2CCOCC2)c1. The van der Waals surface area contributed by atoms with Crippen molar-refractivity contribution in [3.8, 4) is 5.75 Å². The molecule has 1 aromatic rings. The van der Waals surface area contributed by atoms with Crippen LogP contribution < -0.4 is 10.1 Å². The van der Waals surface area contributed by atoms with Crippen LogP contribution in [0.1, 0.15) is 12.5 Å². The minimum Gasteiger partial charge on any atom is -0.492 e. The van der Waals surface area contributed by atoms with Crippen molar-refractivity contribution < 1.29 is 14.3 Å². The monoisotopic (exact) mass is 278 g/mol. The molecule has 1 heterocycles. The van der Waals surface area contributed by atoms with Crippen molar-refractivity contribution in [2.45, 2.75) is 13.3 Å². The molecule has 1 aliphatic heterocycles. The standard InChI is InChI=1S/C15H22N2O3/c1-2-13-4-3-5-14(12-13)20-9-6-16-15(18)17-7-10-19-11-8-17/h3-5,12H,2,6-11H2,1H3,(H,16,18). The molecule has 0 radical (unpaired) electrons. The molecule has 0 aromatic heterocycles. The van der Waals surface area contributed by atoms with E-state index in [9.17, 15) is 4.79 Å². The van der Waals surface area contributed by atoms with Gasteiger partial charge in [-0.2, -0.15) is 0 Å². The summed E-state index contributed by atoms with van der Waals surface area (Å²) in [6.45, 7) is 5.65. The van der Waals surface area contributed by atoms with E-state index in [0.717, 1.165) is 12.2 Å². The fraction of sp³-hybridized carbons (Fsp3) is 0.533. The molecule has 2 amide bonds. The molecule has 0 unspecified atom stereocenters. The summed E-state index contributed by atoms with van der Waals surface area (Å²) < 4.78 is 10.8. The zero-order chi connectivity index (χ0) is 14.2. The van der Waals surface area contributed by atoms with Gasteiger partial charge in [0.1, 0.15) is 12.4 Å². The molecule has 5 nitrogen and oxygen atoms in total. The molecule has 1 N–H and O–H groups in total. The quantitative estimate of drug-likeness (QED) is 0.834. The third kappa shape index (κ3) is 4.42. The summed E-state index contributed by atoms with van der Waals surface area (Å²) in [5, 5.41) is 2.86. The largest absolute Gasteiger partial charge is 0.492 e. The van der Waals surface area contributed by atoms with Gasteiger partial charge in [0.05, 0.1) is 19.8 Å². The third-order valence-corrected chi connectivity index (χ3v) is 3.25. The molecule has 5 heteroatoms. The maximum atomic E-state index is 11.8. The van der Waals surface area contributed by atoms with Gasteiger partial charge in [0, 0.05) is 13.1 Å². The van der Waals surface area contributed by atoms with E-state index in [1.165, 1.54) is 5.56 Å². The van der Waals surface area contributed by atoms with Crippen molar-refractivity contribution in [2.24, 2.45) is 0 Å². The second kappa shape index (κ2) is 7.75. The van der Waals surface area contributed by atoms with Crippen LogP contribution in [-0.4, -0.2) is 50.4 Å². The van der Waals surface area contributed by atoms with Crippen LogP contribution in [0.25, 0.3) is 0 Å². The molecular weight excluding hydrogens is 256 g/mol. The number of aryl methyl sites for hydroxylation is 1. The number of hydrogen-bond donors (Lipinski definition) is 1. The highest BCUT2D eigenvalue weighted by atomic mass is 16.5. The van der Waals surface area contributed by atoms with Crippen LogP contribution in [0.3, 0.4) is 0 Å². The average molecular weight is 278 g/mol. The van der Waals surface area contributed by atoms with Gasteiger partial charge in [-0.25, -0.2) is 4.79 Å². The summed E-state index contributed by atoms with van der Waals surface area (Å²) in [7, 11) is 0. The second-order valence-corrected chi connectivity index (χ2v) is 4.68.